The van der Waals surface area contributed by atoms with Gasteiger partial charge in [0.05, 0.1) is 33.7 Å². The zero-order chi connectivity index (χ0) is 28.6. The Hall–Kier alpha value is -3.79. The van der Waals surface area contributed by atoms with Gasteiger partial charge in [-0.1, -0.05) is 25.4 Å². The van der Waals surface area contributed by atoms with Crippen molar-refractivity contribution in [1.82, 2.24) is 19.9 Å². The Balaban J connectivity index is 1.56. The molecule has 206 valence electrons. The summed E-state index contributed by atoms with van der Waals surface area (Å²) in [6, 6.07) is 6.16. The van der Waals surface area contributed by atoms with Crippen LogP contribution in [0.25, 0.3) is 0 Å². The number of anilines is 3. The first-order chi connectivity index (χ1) is 18.3. The molecule has 4 rings (SSSR count). The van der Waals surface area contributed by atoms with Crippen molar-refractivity contribution < 1.29 is 19.1 Å². The lowest BCUT2D eigenvalue weighted by Gasteiger charge is -2.47. The number of aryl methyl sites for hydroxylation is 2. The molecule has 9 nitrogen and oxygen atoms in total. The van der Waals surface area contributed by atoms with Crippen LogP contribution in [-0.2, 0) is 0 Å². The van der Waals surface area contributed by atoms with E-state index in [1.54, 1.807) is 30.9 Å². The van der Waals surface area contributed by atoms with Crippen molar-refractivity contribution >= 4 is 40.8 Å². The SMILES string of the molecule is Cc1cc(N2CCN(C(=O)c3cnc(Nc4ccc(Cl)c(F)c4)c(C(C)C)n3)C(C)(C)C2)nc(C)c1C(=O)O. The number of hydrogen-bond donors (Lipinski definition) is 2. The Morgan fingerprint density at radius 1 is 1.15 bits per heavy atom. The number of piperazine rings is 1. The molecule has 1 aliphatic rings. The molecule has 0 atom stereocenters. The van der Waals surface area contributed by atoms with Gasteiger partial charge < -0.3 is 20.2 Å². The topological polar surface area (TPSA) is 112 Å². The van der Waals surface area contributed by atoms with Crippen molar-refractivity contribution in [3.8, 4) is 0 Å². The molecule has 0 saturated carbocycles. The predicted octanol–water partition coefficient (Wildman–Crippen LogP) is 5.59. The molecular weight excluding hydrogens is 523 g/mol. The fourth-order valence-electron chi connectivity index (χ4n) is 4.88. The van der Waals surface area contributed by atoms with Crippen LogP contribution in [0.4, 0.5) is 21.7 Å². The summed E-state index contributed by atoms with van der Waals surface area (Å²) in [6.07, 6.45) is 1.43. The first-order valence-corrected chi connectivity index (χ1v) is 13.0. The highest BCUT2D eigenvalue weighted by Gasteiger charge is 2.38. The van der Waals surface area contributed by atoms with Crippen molar-refractivity contribution in [3.63, 3.8) is 0 Å². The number of carboxylic acids is 1. The summed E-state index contributed by atoms with van der Waals surface area (Å²) < 4.78 is 13.9. The normalized spacial score (nSPS) is 15.0. The van der Waals surface area contributed by atoms with Crippen LogP contribution in [0.2, 0.25) is 5.02 Å². The minimum atomic E-state index is -0.997. The fourth-order valence-corrected chi connectivity index (χ4v) is 5.00. The third-order valence-corrected chi connectivity index (χ3v) is 7.12. The Morgan fingerprint density at radius 2 is 1.87 bits per heavy atom. The minimum Gasteiger partial charge on any atom is -0.478 e. The van der Waals surface area contributed by atoms with Crippen LogP contribution in [0.3, 0.4) is 0 Å². The molecule has 11 heteroatoms. The summed E-state index contributed by atoms with van der Waals surface area (Å²) >= 11 is 5.79. The van der Waals surface area contributed by atoms with E-state index in [9.17, 15) is 19.1 Å². The summed E-state index contributed by atoms with van der Waals surface area (Å²) in [4.78, 5) is 42.7. The van der Waals surface area contributed by atoms with Gasteiger partial charge in [0.2, 0.25) is 0 Å². The number of aromatic carboxylic acids is 1. The molecule has 0 spiro atoms. The number of benzene rings is 1. The number of hydrogen-bond acceptors (Lipinski definition) is 7. The van der Waals surface area contributed by atoms with Crippen LogP contribution in [0, 0.1) is 19.7 Å². The van der Waals surface area contributed by atoms with E-state index < -0.39 is 17.3 Å². The van der Waals surface area contributed by atoms with Crippen molar-refractivity contribution in [2.45, 2.75) is 53.0 Å². The maximum Gasteiger partial charge on any atom is 0.337 e. The molecule has 3 aromatic rings. The molecule has 2 N–H and O–H groups in total. The third-order valence-electron chi connectivity index (χ3n) is 6.82. The molecule has 39 heavy (non-hydrogen) atoms. The highest BCUT2D eigenvalue weighted by Crippen LogP contribution is 2.30. The van der Waals surface area contributed by atoms with E-state index in [-0.39, 0.29) is 28.1 Å². The van der Waals surface area contributed by atoms with E-state index >= 15 is 0 Å². The van der Waals surface area contributed by atoms with Gasteiger partial charge in [0.1, 0.15) is 17.3 Å². The number of carboxylic acid groups (broad SMARTS) is 1. The number of carbonyl (C=O) groups is 2. The Kier molecular flexibility index (Phi) is 7.79. The molecule has 1 fully saturated rings. The van der Waals surface area contributed by atoms with Gasteiger partial charge >= 0.3 is 5.97 Å². The Morgan fingerprint density at radius 3 is 2.46 bits per heavy atom. The number of pyridine rings is 1. The lowest BCUT2D eigenvalue weighted by Crippen LogP contribution is -2.61. The summed E-state index contributed by atoms with van der Waals surface area (Å²) in [7, 11) is 0. The Labute approximate surface area is 232 Å². The standard InChI is InChI=1S/C28H32ClFN6O3/c1-15(2)24-25(33-18-7-8-19(29)20(30)12-18)31-13-21(34-24)26(37)36-10-9-35(14-28(36,5)6)22-11-16(3)23(27(38)39)17(4)32-22/h7-8,11-13,15H,9-10,14H2,1-6H3,(H,31,33)(H,38,39). The second-order valence-corrected chi connectivity index (χ2v) is 11.1. The number of halogens is 2. The molecule has 2 aromatic heterocycles. The van der Waals surface area contributed by atoms with E-state index in [0.717, 1.165) is 0 Å². The van der Waals surface area contributed by atoms with E-state index in [4.69, 9.17) is 11.6 Å². The second kappa shape index (κ2) is 10.8. The van der Waals surface area contributed by atoms with Gasteiger partial charge in [-0.05, 0) is 63.4 Å². The van der Waals surface area contributed by atoms with E-state index in [1.807, 2.05) is 27.7 Å². The van der Waals surface area contributed by atoms with Crippen LogP contribution in [-0.4, -0.2) is 62.0 Å². The Bertz CT molecular complexity index is 1420. The molecule has 1 aromatic carbocycles. The van der Waals surface area contributed by atoms with Crippen LogP contribution in [0.5, 0.6) is 0 Å². The van der Waals surface area contributed by atoms with Crippen molar-refractivity contribution in [2.75, 3.05) is 29.9 Å². The number of carbonyl (C=O) groups excluding carboxylic acids is 1. The quantitative estimate of drug-likeness (QED) is 0.406. The van der Waals surface area contributed by atoms with Crippen LogP contribution >= 0.6 is 11.6 Å². The first kappa shape index (κ1) is 28.2. The molecule has 1 saturated heterocycles. The lowest BCUT2D eigenvalue weighted by molar-refractivity contribution is 0.0506. The zero-order valence-corrected chi connectivity index (χ0v) is 23.6. The number of rotatable bonds is 6. The highest BCUT2D eigenvalue weighted by atomic mass is 35.5. The monoisotopic (exact) mass is 554 g/mol. The molecule has 0 unspecified atom stereocenters. The van der Waals surface area contributed by atoms with Gasteiger partial charge in [0.25, 0.3) is 5.91 Å². The van der Waals surface area contributed by atoms with E-state index in [0.29, 0.717) is 53.9 Å². The fraction of sp³-hybridized carbons (Fsp3) is 0.393. The lowest BCUT2D eigenvalue weighted by atomic mass is 9.97. The summed E-state index contributed by atoms with van der Waals surface area (Å²) in [5, 5.41) is 12.6. The van der Waals surface area contributed by atoms with Gasteiger partial charge in [0.15, 0.2) is 5.82 Å². The maximum absolute atomic E-state index is 13.9. The van der Waals surface area contributed by atoms with Crippen molar-refractivity contribution in [3.05, 3.63) is 69.5 Å². The molecule has 1 aliphatic heterocycles. The largest absolute Gasteiger partial charge is 0.478 e. The van der Waals surface area contributed by atoms with Crippen molar-refractivity contribution in [2.24, 2.45) is 0 Å². The van der Waals surface area contributed by atoms with Gasteiger partial charge in [-0.3, -0.25) is 4.79 Å². The van der Waals surface area contributed by atoms with Crippen LogP contribution in [0.1, 0.15) is 71.4 Å². The number of amides is 1. The van der Waals surface area contributed by atoms with Gasteiger partial charge in [-0.2, -0.15) is 0 Å². The first-order valence-electron chi connectivity index (χ1n) is 12.7. The van der Waals surface area contributed by atoms with Gasteiger partial charge in [-0.25, -0.2) is 24.1 Å². The molecule has 1 amide bonds. The molecule has 0 aliphatic carbocycles. The smallest absolute Gasteiger partial charge is 0.337 e. The van der Waals surface area contributed by atoms with Gasteiger partial charge in [0, 0.05) is 25.3 Å². The third kappa shape index (κ3) is 5.80. The molecular formula is C28H32ClFN6O3. The number of nitrogens with one attached hydrogen (secondary N) is 1. The van der Waals surface area contributed by atoms with Gasteiger partial charge in [-0.15, -0.1) is 0 Å². The summed E-state index contributed by atoms with van der Waals surface area (Å²) in [5.41, 5.74) is 2.03. The highest BCUT2D eigenvalue weighted by molar-refractivity contribution is 6.30. The van der Waals surface area contributed by atoms with Crippen LogP contribution in [0.15, 0.2) is 30.5 Å². The summed E-state index contributed by atoms with van der Waals surface area (Å²) in [5.74, 6) is -0.712. The average Bonchev–Trinajstić information content (AvgIpc) is 2.84. The number of aromatic nitrogens is 3. The molecule has 3 heterocycles. The van der Waals surface area contributed by atoms with Crippen LogP contribution < -0.4 is 10.2 Å². The summed E-state index contributed by atoms with van der Waals surface area (Å²) in [6.45, 7) is 12.8. The zero-order valence-electron chi connectivity index (χ0n) is 22.8. The second-order valence-electron chi connectivity index (χ2n) is 10.7. The molecule has 0 bridgehead atoms. The van der Waals surface area contributed by atoms with E-state index in [2.05, 4.69) is 25.2 Å². The maximum atomic E-state index is 13.9. The molecule has 0 radical (unpaired) electrons. The minimum absolute atomic E-state index is 0.0256. The van der Waals surface area contributed by atoms with Crippen molar-refractivity contribution in [1.29, 1.82) is 0 Å². The average molecular weight is 555 g/mol. The van der Waals surface area contributed by atoms with E-state index in [1.165, 1.54) is 18.3 Å². The number of nitrogens with zero attached hydrogens (tertiary/aromatic N) is 5. The predicted molar refractivity (Wildman–Crippen MR) is 149 cm³/mol.